The summed E-state index contributed by atoms with van der Waals surface area (Å²) >= 11 is 0. The van der Waals surface area contributed by atoms with E-state index in [1.807, 2.05) is 30.4 Å². The molecule has 4 rings (SSSR count). The number of aromatic nitrogens is 4. The molecule has 7 heteroatoms. The summed E-state index contributed by atoms with van der Waals surface area (Å²) in [6, 6.07) is 10.1. The van der Waals surface area contributed by atoms with Gasteiger partial charge in [0.25, 0.3) is 0 Å². The van der Waals surface area contributed by atoms with Crippen molar-refractivity contribution in [2.24, 2.45) is 0 Å². The lowest BCUT2D eigenvalue weighted by Gasteiger charge is -2.26. The van der Waals surface area contributed by atoms with Gasteiger partial charge >= 0.3 is 0 Å². The van der Waals surface area contributed by atoms with Crippen molar-refractivity contribution in [1.82, 2.24) is 24.8 Å². The van der Waals surface area contributed by atoms with E-state index in [0.717, 1.165) is 62.1 Å². The van der Waals surface area contributed by atoms with Gasteiger partial charge in [0.15, 0.2) is 11.5 Å². The molecule has 3 aromatic rings. The predicted molar refractivity (Wildman–Crippen MR) is 103 cm³/mol. The number of ether oxygens (including phenoxy) is 1. The van der Waals surface area contributed by atoms with Crippen LogP contribution in [0.3, 0.4) is 0 Å². The van der Waals surface area contributed by atoms with E-state index in [2.05, 4.69) is 42.3 Å². The van der Waals surface area contributed by atoms with Crippen LogP contribution < -0.4 is 5.32 Å². The molecule has 0 atom stereocenters. The van der Waals surface area contributed by atoms with Gasteiger partial charge in [-0.05, 0) is 11.6 Å². The van der Waals surface area contributed by atoms with Gasteiger partial charge in [-0.2, -0.15) is 0 Å². The molecule has 134 valence electrons. The number of nitrogens with one attached hydrogen (secondary N) is 2. The van der Waals surface area contributed by atoms with Gasteiger partial charge in [-0.1, -0.05) is 36.4 Å². The normalized spacial score (nSPS) is 15.7. The number of aromatic amines is 1. The average molecular weight is 350 g/mol. The molecular formula is C19H22N6O. The molecule has 0 amide bonds. The van der Waals surface area contributed by atoms with E-state index in [-0.39, 0.29) is 0 Å². The van der Waals surface area contributed by atoms with Crippen LogP contribution in [0.25, 0.3) is 23.3 Å². The Morgan fingerprint density at radius 1 is 1.12 bits per heavy atom. The molecule has 26 heavy (non-hydrogen) atoms. The Morgan fingerprint density at radius 3 is 2.81 bits per heavy atom. The van der Waals surface area contributed by atoms with Gasteiger partial charge in [-0.15, -0.1) is 0 Å². The van der Waals surface area contributed by atoms with Gasteiger partial charge in [0, 0.05) is 26.2 Å². The number of nitrogens with zero attached hydrogens (tertiary/aromatic N) is 4. The molecule has 1 aliphatic heterocycles. The third kappa shape index (κ3) is 4.07. The number of benzene rings is 1. The summed E-state index contributed by atoms with van der Waals surface area (Å²) in [4.78, 5) is 18.8. The third-order valence-corrected chi connectivity index (χ3v) is 4.36. The van der Waals surface area contributed by atoms with Crippen LogP contribution in [-0.2, 0) is 4.74 Å². The van der Waals surface area contributed by atoms with Crippen LogP contribution in [0.2, 0.25) is 0 Å². The van der Waals surface area contributed by atoms with Crippen molar-refractivity contribution in [3.63, 3.8) is 0 Å². The van der Waals surface area contributed by atoms with Crippen LogP contribution in [-0.4, -0.2) is 64.2 Å². The Morgan fingerprint density at radius 2 is 1.96 bits per heavy atom. The largest absolute Gasteiger partial charge is 0.379 e. The number of imidazole rings is 1. The minimum Gasteiger partial charge on any atom is -0.379 e. The smallest absolute Gasteiger partial charge is 0.183 e. The van der Waals surface area contributed by atoms with Crippen LogP contribution >= 0.6 is 0 Å². The fraction of sp³-hybridized carbons (Fsp3) is 0.316. The molecule has 0 saturated carbocycles. The zero-order valence-corrected chi connectivity index (χ0v) is 14.6. The van der Waals surface area contributed by atoms with E-state index in [0.29, 0.717) is 5.65 Å². The first-order valence-electron chi connectivity index (χ1n) is 8.86. The van der Waals surface area contributed by atoms with Gasteiger partial charge in [-0.25, -0.2) is 15.0 Å². The van der Waals surface area contributed by atoms with Crippen LogP contribution in [0.5, 0.6) is 0 Å². The lowest BCUT2D eigenvalue weighted by Crippen LogP contribution is -2.39. The van der Waals surface area contributed by atoms with E-state index < -0.39 is 0 Å². The van der Waals surface area contributed by atoms with E-state index in [1.54, 1.807) is 6.33 Å². The first kappa shape index (κ1) is 16.7. The Balaban J connectivity index is 1.44. The number of hydrogen-bond acceptors (Lipinski definition) is 6. The van der Waals surface area contributed by atoms with Gasteiger partial charge in [-0.3, -0.25) is 4.90 Å². The maximum absolute atomic E-state index is 5.38. The Bertz CT molecular complexity index is 870. The topological polar surface area (TPSA) is 79.0 Å². The van der Waals surface area contributed by atoms with Gasteiger partial charge in [0.2, 0.25) is 0 Å². The zero-order valence-electron chi connectivity index (χ0n) is 14.6. The standard InChI is InChI=1S/C19H22N6O/c1-2-4-15(5-3-1)6-7-16-23-17-18(21-14-22-19(17)24-16)20-8-9-25-10-12-26-13-11-25/h1-7,14H,8-13H2,(H2,20,21,22,23,24)/b7-6+. The summed E-state index contributed by atoms with van der Waals surface area (Å²) < 4.78 is 5.38. The first-order valence-corrected chi connectivity index (χ1v) is 8.86. The second kappa shape index (κ2) is 8.07. The van der Waals surface area contributed by atoms with Gasteiger partial charge in [0.1, 0.15) is 17.7 Å². The summed E-state index contributed by atoms with van der Waals surface area (Å²) in [5, 5.41) is 3.39. The third-order valence-electron chi connectivity index (χ3n) is 4.36. The lowest BCUT2D eigenvalue weighted by atomic mass is 10.2. The quantitative estimate of drug-likeness (QED) is 0.710. The molecule has 1 saturated heterocycles. The Hall–Kier alpha value is -2.77. The number of rotatable bonds is 6. The van der Waals surface area contributed by atoms with Crippen molar-refractivity contribution in [3.05, 3.63) is 48.0 Å². The van der Waals surface area contributed by atoms with Crippen molar-refractivity contribution in [1.29, 1.82) is 0 Å². The number of H-pyrrole nitrogens is 1. The summed E-state index contributed by atoms with van der Waals surface area (Å²) in [5.74, 6) is 1.55. The van der Waals surface area contributed by atoms with Crippen molar-refractivity contribution in [3.8, 4) is 0 Å². The summed E-state index contributed by atoms with van der Waals surface area (Å²) in [6.07, 6.45) is 5.52. The number of fused-ring (bicyclic) bond motifs is 1. The summed E-state index contributed by atoms with van der Waals surface area (Å²) in [7, 11) is 0. The average Bonchev–Trinajstić information content (AvgIpc) is 3.12. The molecule has 0 unspecified atom stereocenters. The Labute approximate surface area is 152 Å². The number of hydrogen-bond donors (Lipinski definition) is 2. The van der Waals surface area contributed by atoms with E-state index in [9.17, 15) is 0 Å². The molecule has 2 aromatic heterocycles. The minimum atomic E-state index is 0.668. The molecule has 1 aromatic carbocycles. The van der Waals surface area contributed by atoms with E-state index >= 15 is 0 Å². The van der Waals surface area contributed by atoms with Crippen molar-refractivity contribution >= 4 is 29.1 Å². The molecule has 0 aliphatic carbocycles. The molecule has 0 spiro atoms. The second-order valence-corrected chi connectivity index (χ2v) is 6.17. The van der Waals surface area contributed by atoms with Gasteiger partial charge < -0.3 is 15.0 Å². The fourth-order valence-corrected chi connectivity index (χ4v) is 2.96. The molecular weight excluding hydrogens is 328 g/mol. The minimum absolute atomic E-state index is 0.668. The maximum Gasteiger partial charge on any atom is 0.183 e. The maximum atomic E-state index is 5.38. The second-order valence-electron chi connectivity index (χ2n) is 6.17. The highest BCUT2D eigenvalue weighted by molar-refractivity contribution is 5.84. The molecule has 0 radical (unpaired) electrons. The molecule has 7 nitrogen and oxygen atoms in total. The molecule has 0 bridgehead atoms. The van der Waals surface area contributed by atoms with Crippen molar-refractivity contribution in [2.45, 2.75) is 0 Å². The molecule has 1 fully saturated rings. The number of anilines is 1. The summed E-state index contributed by atoms with van der Waals surface area (Å²) in [5.41, 5.74) is 2.63. The highest BCUT2D eigenvalue weighted by Gasteiger charge is 2.11. The molecule has 3 heterocycles. The predicted octanol–water partition coefficient (Wildman–Crippen LogP) is 2.27. The highest BCUT2D eigenvalue weighted by Crippen LogP contribution is 2.17. The van der Waals surface area contributed by atoms with Gasteiger partial charge in [0.05, 0.1) is 13.2 Å². The monoisotopic (exact) mass is 350 g/mol. The van der Waals surface area contributed by atoms with Crippen molar-refractivity contribution < 1.29 is 4.74 Å². The number of morpholine rings is 1. The fourth-order valence-electron chi connectivity index (χ4n) is 2.96. The molecule has 1 aliphatic rings. The molecule has 2 N–H and O–H groups in total. The summed E-state index contributed by atoms with van der Waals surface area (Å²) in [6.45, 7) is 5.38. The SMILES string of the molecule is C(=C\c1nc2ncnc(NCCN3CCOCC3)c2[nH]1)/c1ccccc1. The van der Waals surface area contributed by atoms with Crippen LogP contribution in [0.4, 0.5) is 5.82 Å². The van der Waals surface area contributed by atoms with Crippen molar-refractivity contribution in [2.75, 3.05) is 44.7 Å². The lowest BCUT2D eigenvalue weighted by molar-refractivity contribution is 0.0398. The van der Waals surface area contributed by atoms with Crippen LogP contribution in [0.1, 0.15) is 11.4 Å². The van der Waals surface area contributed by atoms with E-state index in [4.69, 9.17) is 4.74 Å². The van der Waals surface area contributed by atoms with Crippen LogP contribution in [0, 0.1) is 0 Å². The zero-order chi connectivity index (χ0) is 17.6. The first-order chi connectivity index (χ1) is 12.9. The Kier molecular flexibility index (Phi) is 5.18. The van der Waals surface area contributed by atoms with E-state index in [1.165, 1.54) is 0 Å². The van der Waals surface area contributed by atoms with Crippen LogP contribution in [0.15, 0.2) is 36.7 Å². The highest BCUT2D eigenvalue weighted by atomic mass is 16.5.